The lowest BCUT2D eigenvalue weighted by Gasteiger charge is -2.22. The van der Waals surface area contributed by atoms with E-state index in [-0.39, 0.29) is 12.2 Å². The highest BCUT2D eigenvalue weighted by molar-refractivity contribution is 5.66. The van der Waals surface area contributed by atoms with Crippen molar-refractivity contribution in [3.63, 3.8) is 0 Å². The Morgan fingerprint density at radius 1 is 1.33 bits per heavy atom. The third-order valence-corrected chi connectivity index (χ3v) is 3.28. The maximum Gasteiger partial charge on any atom is 0.304 e. The SMILES string of the molecule is CNCCN(C)c1cc(CN(C)CCC(=O)O)ccc1F. The van der Waals surface area contributed by atoms with Crippen LogP contribution >= 0.6 is 0 Å². The lowest BCUT2D eigenvalue weighted by atomic mass is 10.1. The molecule has 0 amide bonds. The van der Waals surface area contributed by atoms with Crippen molar-refractivity contribution in [3.05, 3.63) is 29.6 Å². The smallest absolute Gasteiger partial charge is 0.304 e. The van der Waals surface area contributed by atoms with Gasteiger partial charge in [-0.05, 0) is 31.8 Å². The molecule has 0 heterocycles. The van der Waals surface area contributed by atoms with E-state index >= 15 is 0 Å². The number of rotatable bonds is 9. The van der Waals surface area contributed by atoms with Gasteiger partial charge in [-0.25, -0.2) is 4.39 Å². The molecule has 0 aliphatic heterocycles. The molecule has 0 aromatic heterocycles. The molecule has 6 heteroatoms. The van der Waals surface area contributed by atoms with Gasteiger partial charge in [-0.2, -0.15) is 0 Å². The van der Waals surface area contributed by atoms with Gasteiger partial charge in [0.1, 0.15) is 5.82 Å². The first kappa shape index (κ1) is 17.4. The van der Waals surface area contributed by atoms with Crippen LogP contribution in [0.5, 0.6) is 0 Å². The Labute approximate surface area is 125 Å². The summed E-state index contributed by atoms with van der Waals surface area (Å²) >= 11 is 0. The topological polar surface area (TPSA) is 55.8 Å². The predicted octanol–water partition coefficient (Wildman–Crippen LogP) is 1.39. The van der Waals surface area contributed by atoms with Crippen molar-refractivity contribution in [3.8, 4) is 0 Å². The van der Waals surface area contributed by atoms with Crippen LogP contribution in [0.3, 0.4) is 0 Å². The van der Waals surface area contributed by atoms with Gasteiger partial charge in [0.05, 0.1) is 12.1 Å². The van der Waals surface area contributed by atoms with Crippen LogP contribution in [0.1, 0.15) is 12.0 Å². The summed E-state index contributed by atoms with van der Waals surface area (Å²) in [6, 6.07) is 5.02. The second kappa shape index (κ2) is 8.59. The zero-order valence-corrected chi connectivity index (χ0v) is 12.9. The normalized spacial score (nSPS) is 10.9. The van der Waals surface area contributed by atoms with Gasteiger partial charge in [0.25, 0.3) is 0 Å². The molecule has 1 aromatic rings. The van der Waals surface area contributed by atoms with E-state index in [1.807, 2.05) is 37.0 Å². The van der Waals surface area contributed by atoms with Gasteiger partial charge in [0.2, 0.25) is 0 Å². The second-order valence-corrected chi connectivity index (χ2v) is 5.19. The van der Waals surface area contributed by atoms with Crippen molar-refractivity contribution in [2.24, 2.45) is 0 Å². The minimum absolute atomic E-state index is 0.104. The number of likely N-dealkylation sites (N-methyl/N-ethyl adjacent to an activating group) is 2. The first-order valence-corrected chi connectivity index (χ1v) is 6.98. The summed E-state index contributed by atoms with van der Waals surface area (Å²) in [7, 11) is 5.57. The van der Waals surface area contributed by atoms with Gasteiger partial charge in [-0.15, -0.1) is 0 Å². The van der Waals surface area contributed by atoms with Crippen molar-refractivity contribution in [1.29, 1.82) is 0 Å². The quantitative estimate of drug-likeness (QED) is 0.721. The number of benzene rings is 1. The van der Waals surface area contributed by atoms with Crippen molar-refractivity contribution in [2.45, 2.75) is 13.0 Å². The summed E-state index contributed by atoms with van der Waals surface area (Å²) in [5, 5.41) is 11.7. The lowest BCUT2D eigenvalue weighted by Crippen LogP contribution is -2.28. The predicted molar refractivity (Wildman–Crippen MR) is 82.2 cm³/mol. The fourth-order valence-electron chi connectivity index (χ4n) is 2.03. The third-order valence-electron chi connectivity index (χ3n) is 3.28. The minimum Gasteiger partial charge on any atom is -0.481 e. The Hall–Kier alpha value is -1.66. The molecule has 118 valence electrons. The van der Waals surface area contributed by atoms with E-state index in [0.717, 1.165) is 12.1 Å². The van der Waals surface area contributed by atoms with Crippen LogP contribution in [0, 0.1) is 5.82 Å². The number of carboxylic acid groups (broad SMARTS) is 1. The van der Waals surface area contributed by atoms with E-state index in [1.54, 1.807) is 6.07 Å². The summed E-state index contributed by atoms with van der Waals surface area (Å²) in [6.07, 6.45) is 0.104. The standard InChI is InChI=1S/C15H24FN3O2/c1-17-7-9-19(3)14-10-12(4-5-13(14)16)11-18(2)8-6-15(20)21/h4-5,10,17H,6-9,11H2,1-3H3,(H,20,21). The number of hydrogen-bond donors (Lipinski definition) is 2. The number of anilines is 1. The summed E-state index contributed by atoms with van der Waals surface area (Å²) < 4.78 is 13.9. The molecule has 2 N–H and O–H groups in total. The highest BCUT2D eigenvalue weighted by atomic mass is 19.1. The highest BCUT2D eigenvalue weighted by Gasteiger charge is 2.10. The van der Waals surface area contributed by atoms with Crippen LogP contribution in [0.4, 0.5) is 10.1 Å². The van der Waals surface area contributed by atoms with Crippen LogP contribution in [-0.2, 0) is 11.3 Å². The molecular weight excluding hydrogens is 273 g/mol. The molecule has 0 saturated heterocycles. The van der Waals surface area contributed by atoms with Crippen LogP contribution in [0.25, 0.3) is 0 Å². The van der Waals surface area contributed by atoms with E-state index in [9.17, 15) is 9.18 Å². The number of carbonyl (C=O) groups is 1. The number of halogens is 1. The lowest BCUT2D eigenvalue weighted by molar-refractivity contribution is -0.137. The van der Waals surface area contributed by atoms with Gasteiger partial charge in [0.15, 0.2) is 0 Å². The number of aliphatic carboxylic acids is 1. The second-order valence-electron chi connectivity index (χ2n) is 5.19. The minimum atomic E-state index is -0.812. The first-order valence-electron chi connectivity index (χ1n) is 6.98. The zero-order chi connectivity index (χ0) is 15.8. The van der Waals surface area contributed by atoms with Gasteiger partial charge in [-0.3, -0.25) is 4.79 Å². The number of nitrogens with zero attached hydrogens (tertiary/aromatic N) is 2. The molecule has 0 radical (unpaired) electrons. The fraction of sp³-hybridized carbons (Fsp3) is 0.533. The number of nitrogens with one attached hydrogen (secondary N) is 1. The van der Waals surface area contributed by atoms with Gasteiger partial charge < -0.3 is 20.2 Å². The Morgan fingerprint density at radius 2 is 2.05 bits per heavy atom. The molecule has 0 spiro atoms. The third kappa shape index (κ3) is 6.10. The van der Waals surface area contributed by atoms with Gasteiger partial charge >= 0.3 is 5.97 Å². The zero-order valence-electron chi connectivity index (χ0n) is 12.9. The van der Waals surface area contributed by atoms with E-state index in [0.29, 0.717) is 25.3 Å². The van der Waals surface area contributed by atoms with Crippen LogP contribution in [0.2, 0.25) is 0 Å². The van der Waals surface area contributed by atoms with Crippen molar-refractivity contribution in [1.82, 2.24) is 10.2 Å². The molecule has 0 atom stereocenters. The molecular formula is C15H24FN3O2. The monoisotopic (exact) mass is 297 g/mol. The van der Waals surface area contributed by atoms with Crippen molar-refractivity contribution < 1.29 is 14.3 Å². The average Bonchev–Trinajstić information content (AvgIpc) is 2.44. The van der Waals surface area contributed by atoms with Crippen LogP contribution in [-0.4, -0.2) is 56.8 Å². The Bertz CT molecular complexity index is 468. The molecule has 0 aliphatic carbocycles. The molecule has 0 saturated carbocycles. The van der Waals surface area contributed by atoms with Crippen molar-refractivity contribution >= 4 is 11.7 Å². The largest absolute Gasteiger partial charge is 0.481 e. The maximum absolute atomic E-state index is 13.9. The summed E-state index contributed by atoms with van der Waals surface area (Å²) in [5.41, 5.74) is 1.53. The molecule has 0 fully saturated rings. The molecule has 1 aromatic carbocycles. The Balaban J connectivity index is 2.69. The molecule has 0 aliphatic rings. The Morgan fingerprint density at radius 3 is 2.67 bits per heavy atom. The summed E-state index contributed by atoms with van der Waals surface area (Å²) in [5.74, 6) is -1.06. The van der Waals surface area contributed by atoms with Crippen LogP contribution in [0.15, 0.2) is 18.2 Å². The van der Waals surface area contributed by atoms with E-state index in [1.165, 1.54) is 6.07 Å². The van der Waals surface area contributed by atoms with Crippen molar-refractivity contribution in [2.75, 3.05) is 45.7 Å². The van der Waals surface area contributed by atoms with E-state index in [4.69, 9.17) is 5.11 Å². The molecule has 5 nitrogen and oxygen atoms in total. The molecule has 21 heavy (non-hydrogen) atoms. The molecule has 1 rings (SSSR count). The Kier molecular flexibility index (Phi) is 7.11. The number of carboxylic acids is 1. The van der Waals surface area contributed by atoms with E-state index in [2.05, 4.69) is 5.32 Å². The van der Waals surface area contributed by atoms with E-state index < -0.39 is 5.97 Å². The maximum atomic E-state index is 13.9. The van der Waals surface area contributed by atoms with Crippen LogP contribution < -0.4 is 10.2 Å². The van der Waals surface area contributed by atoms with Gasteiger partial charge in [0, 0.05) is 33.2 Å². The molecule has 0 bridgehead atoms. The summed E-state index contributed by atoms with van der Waals surface area (Å²) in [4.78, 5) is 14.3. The molecule has 0 unspecified atom stereocenters. The average molecular weight is 297 g/mol. The number of hydrogen-bond acceptors (Lipinski definition) is 4. The highest BCUT2D eigenvalue weighted by Crippen LogP contribution is 2.20. The fourth-order valence-corrected chi connectivity index (χ4v) is 2.03. The first-order chi connectivity index (χ1) is 9.93. The van der Waals surface area contributed by atoms with Gasteiger partial charge in [-0.1, -0.05) is 6.07 Å². The summed E-state index contributed by atoms with van der Waals surface area (Å²) in [6.45, 7) is 2.56.